The van der Waals surface area contributed by atoms with Gasteiger partial charge in [-0.25, -0.2) is 0 Å². The van der Waals surface area contributed by atoms with E-state index in [0.29, 0.717) is 13.2 Å². The van der Waals surface area contributed by atoms with Crippen molar-refractivity contribution in [3.05, 3.63) is 106 Å². The van der Waals surface area contributed by atoms with Gasteiger partial charge in [-0.3, -0.25) is 0 Å². The first kappa shape index (κ1) is 19.4. The minimum atomic E-state index is 0.506. The van der Waals surface area contributed by atoms with Gasteiger partial charge in [-0.05, 0) is 65.6 Å². The van der Waals surface area contributed by atoms with Crippen molar-refractivity contribution >= 4 is 28.1 Å². The average molecular weight is 402 g/mol. The van der Waals surface area contributed by atoms with Gasteiger partial charge < -0.3 is 10.1 Å². The Kier molecular flexibility index (Phi) is 5.73. The van der Waals surface area contributed by atoms with E-state index in [-0.39, 0.29) is 0 Å². The maximum atomic E-state index is 6.23. The normalized spacial score (nSPS) is 10.9. The lowest BCUT2D eigenvalue weighted by molar-refractivity contribution is 0.304. The second-order valence-corrected chi connectivity index (χ2v) is 7.79. The van der Waals surface area contributed by atoms with E-state index in [9.17, 15) is 0 Å². The summed E-state index contributed by atoms with van der Waals surface area (Å²) in [7, 11) is 0. The lowest BCUT2D eigenvalue weighted by atomic mass is 10.0. The lowest BCUT2D eigenvalue weighted by Gasteiger charge is -2.17. The zero-order chi connectivity index (χ0) is 20.2. The summed E-state index contributed by atoms with van der Waals surface area (Å²) in [5.41, 5.74) is 5.89. The number of halogens is 1. The molecule has 0 atom stereocenters. The molecule has 0 unspecified atom stereocenters. The SMILES string of the molecule is Cc1ccc(C)c(NCc2c(OCc3ccc(Cl)cc3)ccc3ccccc23)c1. The summed E-state index contributed by atoms with van der Waals surface area (Å²) < 4.78 is 6.23. The number of nitrogens with one attached hydrogen (secondary N) is 1. The van der Waals surface area contributed by atoms with Gasteiger partial charge in [0.25, 0.3) is 0 Å². The smallest absolute Gasteiger partial charge is 0.125 e. The zero-order valence-electron chi connectivity index (χ0n) is 16.7. The molecule has 0 saturated carbocycles. The van der Waals surface area contributed by atoms with Crippen LogP contribution in [0.4, 0.5) is 5.69 Å². The number of hydrogen-bond acceptors (Lipinski definition) is 2. The van der Waals surface area contributed by atoms with Crippen molar-refractivity contribution in [3.8, 4) is 5.75 Å². The first-order chi connectivity index (χ1) is 14.1. The number of rotatable bonds is 6. The first-order valence-electron chi connectivity index (χ1n) is 9.79. The van der Waals surface area contributed by atoms with Crippen LogP contribution in [-0.4, -0.2) is 0 Å². The Bertz CT molecular complexity index is 1140. The molecule has 29 heavy (non-hydrogen) atoms. The van der Waals surface area contributed by atoms with E-state index >= 15 is 0 Å². The third kappa shape index (κ3) is 4.55. The van der Waals surface area contributed by atoms with Crippen LogP contribution in [0.25, 0.3) is 10.8 Å². The lowest BCUT2D eigenvalue weighted by Crippen LogP contribution is -2.05. The highest BCUT2D eigenvalue weighted by molar-refractivity contribution is 6.30. The summed E-state index contributed by atoms with van der Waals surface area (Å²) in [6.45, 7) is 5.44. The van der Waals surface area contributed by atoms with Gasteiger partial charge >= 0.3 is 0 Å². The Morgan fingerprint density at radius 3 is 2.48 bits per heavy atom. The monoisotopic (exact) mass is 401 g/mol. The van der Waals surface area contributed by atoms with Crippen LogP contribution in [0.5, 0.6) is 5.75 Å². The van der Waals surface area contributed by atoms with E-state index < -0.39 is 0 Å². The highest BCUT2D eigenvalue weighted by Crippen LogP contribution is 2.30. The van der Waals surface area contributed by atoms with Gasteiger partial charge in [-0.1, -0.05) is 66.2 Å². The molecule has 4 rings (SSSR count). The molecule has 0 heterocycles. The van der Waals surface area contributed by atoms with E-state index in [1.165, 1.54) is 21.9 Å². The summed E-state index contributed by atoms with van der Waals surface area (Å²) >= 11 is 5.99. The molecular formula is C26H24ClNO. The molecule has 0 saturated heterocycles. The van der Waals surface area contributed by atoms with Crippen molar-refractivity contribution in [2.24, 2.45) is 0 Å². The zero-order valence-corrected chi connectivity index (χ0v) is 17.5. The Labute approximate surface area is 177 Å². The van der Waals surface area contributed by atoms with Gasteiger partial charge in [0.05, 0.1) is 0 Å². The van der Waals surface area contributed by atoms with Gasteiger partial charge in [0.15, 0.2) is 0 Å². The van der Waals surface area contributed by atoms with Crippen LogP contribution in [-0.2, 0) is 13.2 Å². The summed E-state index contributed by atoms with van der Waals surface area (Å²) in [6, 6.07) is 26.9. The Hall–Kier alpha value is -2.97. The van der Waals surface area contributed by atoms with Crippen molar-refractivity contribution in [1.29, 1.82) is 0 Å². The summed E-state index contributed by atoms with van der Waals surface area (Å²) in [4.78, 5) is 0. The molecule has 0 amide bonds. The molecule has 0 aliphatic heterocycles. The first-order valence-corrected chi connectivity index (χ1v) is 10.2. The van der Waals surface area contributed by atoms with E-state index in [4.69, 9.17) is 16.3 Å². The quantitative estimate of drug-likeness (QED) is 0.366. The van der Waals surface area contributed by atoms with Gasteiger partial charge in [0.2, 0.25) is 0 Å². The van der Waals surface area contributed by atoms with Crippen LogP contribution in [0.3, 0.4) is 0 Å². The van der Waals surface area contributed by atoms with Gasteiger partial charge in [0, 0.05) is 22.8 Å². The average Bonchev–Trinajstić information content (AvgIpc) is 2.74. The number of anilines is 1. The molecule has 0 bridgehead atoms. The third-order valence-corrected chi connectivity index (χ3v) is 5.41. The molecule has 0 aliphatic carbocycles. The molecule has 0 radical (unpaired) electrons. The molecule has 4 aromatic carbocycles. The fourth-order valence-electron chi connectivity index (χ4n) is 3.49. The van der Waals surface area contributed by atoms with Gasteiger partial charge in [-0.15, -0.1) is 0 Å². The molecule has 2 nitrogen and oxygen atoms in total. The number of benzene rings is 4. The predicted octanol–water partition coefficient (Wildman–Crippen LogP) is 7.30. The van der Waals surface area contributed by atoms with Crippen molar-refractivity contribution in [2.45, 2.75) is 27.0 Å². The van der Waals surface area contributed by atoms with Gasteiger partial charge in [0.1, 0.15) is 12.4 Å². The predicted molar refractivity (Wildman–Crippen MR) is 123 cm³/mol. The Balaban J connectivity index is 1.63. The number of ether oxygens (including phenoxy) is 1. The standard InChI is InChI=1S/C26H24ClNO/c1-18-7-8-19(2)25(15-18)28-16-24-23-6-4-3-5-21(23)11-14-26(24)29-17-20-9-12-22(27)13-10-20/h3-15,28H,16-17H2,1-2H3. The van der Waals surface area contributed by atoms with Crippen LogP contribution in [0.2, 0.25) is 5.02 Å². The van der Waals surface area contributed by atoms with E-state index in [1.54, 1.807) is 0 Å². The highest BCUT2D eigenvalue weighted by Gasteiger charge is 2.10. The number of fused-ring (bicyclic) bond motifs is 1. The summed E-state index contributed by atoms with van der Waals surface area (Å²) in [5.74, 6) is 0.899. The Morgan fingerprint density at radius 2 is 1.66 bits per heavy atom. The molecule has 0 aliphatic rings. The Morgan fingerprint density at radius 1 is 0.862 bits per heavy atom. The number of aryl methyl sites for hydroxylation is 2. The van der Waals surface area contributed by atoms with E-state index in [1.807, 2.05) is 24.3 Å². The molecule has 1 N–H and O–H groups in total. The third-order valence-electron chi connectivity index (χ3n) is 5.15. The van der Waals surface area contributed by atoms with Crippen LogP contribution >= 0.6 is 11.6 Å². The molecular weight excluding hydrogens is 378 g/mol. The largest absolute Gasteiger partial charge is 0.489 e. The summed E-state index contributed by atoms with van der Waals surface area (Å²) in [5, 5.41) is 6.76. The van der Waals surface area contributed by atoms with Crippen molar-refractivity contribution in [1.82, 2.24) is 0 Å². The second-order valence-electron chi connectivity index (χ2n) is 7.35. The molecule has 146 valence electrons. The van der Waals surface area contributed by atoms with Crippen LogP contribution < -0.4 is 10.1 Å². The minimum Gasteiger partial charge on any atom is -0.489 e. The number of hydrogen-bond donors (Lipinski definition) is 1. The molecule has 0 fully saturated rings. The topological polar surface area (TPSA) is 21.3 Å². The fraction of sp³-hybridized carbons (Fsp3) is 0.154. The minimum absolute atomic E-state index is 0.506. The van der Waals surface area contributed by atoms with Crippen LogP contribution in [0.1, 0.15) is 22.3 Å². The molecule has 4 aromatic rings. The van der Waals surface area contributed by atoms with E-state index in [2.05, 4.69) is 73.8 Å². The fourth-order valence-corrected chi connectivity index (χ4v) is 3.61. The van der Waals surface area contributed by atoms with Gasteiger partial charge in [-0.2, -0.15) is 0 Å². The van der Waals surface area contributed by atoms with Crippen LogP contribution in [0.15, 0.2) is 78.9 Å². The molecule has 0 aromatic heterocycles. The van der Waals surface area contributed by atoms with Crippen LogP contribution in [0, 0.1) is 13.8 Å². The maximum absolute atomic E-state index is 6.23. The van der Waals surface area contributed by atoms with Crippen molar-refractivity contribution in [3.63, 3.8) is 0 Å². The molecule has 0 spiro atoms. The second kappa shape index (κ2) is 8.59. The van der Waals surface area contributed by atoms with E-state index in [0.717, 1.165) is 27.6 Å². The summed E-state index contributed by atoms with van der Waals surface area (Å²) in [6.07, 6.45) is 0. The maximum Gasteiger partial charge on any atom is 0.125 e. The molecule has 3 heteroatoms. The van der Waals surface area contributed by atoms with Crippen molar-refractivity contribution < 1.29 is 4.74 Å². The van der Waals surface area contributed by atoms with Crippen molar-refractivity contribution in [2.75, 3.05) is 5.32 Å². The highest BCUT2D eigenvalue weighted by atomic mass is 35.5.